The Bertz CT molecular complexity index is 1060. The zero-order valence-corrected chi connectivity index (χ0v) is 17.5. The number of anilines is 1. The molecule has 0 atom stereocenters. The van der Waals surface area contributed by atoms with Crippen molar-refractivity contribution in [3.63, 3.8) is 0 Å². The van der Waals surface area contributed by atoms with Gasteiger partial charge in [0.25, 0.3) is 5.91 Å². The van der Waals surface area contributed by atoms with Gasteiger partial charge in [-0.15, -0.1) is 0 Å². The lowest BCUT2D eigenvalue weighted by Gasteiger charge is -2.27. The third-order valence-electron chi connectivity index (χ3n) is 4.34. The maximum atomic E-state index is 13.5. The molecule has 1 heterocycles. The second-order valence-electron chi connectivity index (χ2n) is 6.31. The predicted molar refractivity (Wildman–Crippen MR) is 107 cm³/mol. The number of ether oxygens (including phenoxy) is 2. The number of sulfonamides is 1. The van der Waals surface area contributed by atoms with E-state index in [0.717, 1.165) is 0 Å². The van der Waals surface area contributed by atoms with Crippen LogP contribution in [0.3, 0.4) is 0 Å². The highest BCUT2D eigenvalue weighted by Gasteiger charge is 2.30. The second kappa shape index (κ2) is 9.25. The number of carbonyl (C=O) groups is 1. The van der Waals surface area contributed by atoms with Crippen molar-refractivity contribution in [2.24, 2.45) is 0 Å². The molecule has 2 aromatic carbocycles. The van der Waals surface area contributed by atoms with Crippen LogP contribution in [0.5, 0.6) is 5.75 Å². The van der Waals surface area contributed by atoms with E-state index in [9.17, 15) is 22.0 Å². The zero-order valence-electron chi connectivity index (χ0n) is 16.0. The van der Waals surface area contributed by atoms with Crippen LogP contribution in [0.2, 0.25) is 5.02 Å². The van der Waals surface area contributed by atoms with Crippen LogP contribution in [0.15, 0.2) is 35.2 Å². The molecule has 0 radical (unpaired) electrons. The van der Waals surface area contributed by atoms with Gasteiger partial charge < -0.3 is 14.8 Å². The molecule has 30 heavy (non-hydrogen) atoms. The van der Waals surface area contributed by atoms with Crippen LogP contribution in [-0.4, -0.2) is 51.5 Å². The molecule has 0 aliphatic carbocycles. The van der Waals surface area contributed by atoms with Gasteiger partial charge in [-0.1, -0.05) is 11.6 Å². The topological polar surface area (TPSA) is 84.9 Å². The third kappa shape index (κ3) is 4.72. The molecule has 3 rings (SSSR count). The lowest BCUT2D eigenvalue weighted by molar-refractivity contribution is 0.0729. The van der Waals surface area contributed by atoms with Gasteiger partial charge in [-0.05, 0) is 37.3 Å². The Kier molecular flexibility index (Phi) is 6.91. The lowest BCUT2D eigenvalue weighted by Crippen LogP contribution is -2.40. The molecule has 1 fully saturated rings. The Morgan fingerprint density at radius 3 is 2.53 bits per heavy atom. The maximum Gasteiger partial charge on any atom is 0.257 e. The van der Waals surface area contributed by atoms with E-state index in [1.807, 2.05) is 0 Å². The van der Waals surface area contributed by atoms with Crippen molar-refractivity contribution in [2.75, 3.05) is 38.2 Å². The van der Waals surface area contributed by atoms with Gasteiger partial charge in [-0.25, -0.2) is 17.2 Å². The summed E-state index contributed by atoms with van der Waals surface area (Å²) in [6, 6.07) is 5.47. The molecule has 0 bridgehead atoms. The maximum absolute atomic E-state index is 13.5. The van der Waals surface area contributed by atoms with Crippen LogP contribution < -0.4 is 10.1 Å². The minimum atomic E-state index is -3.92. The highest BCUT2D eigenvalue weighted by molar-refractivity contribution is 7.89. The number of carbonyl (C=O) groups excluding carboxylic acids is 1. The van der Waals surface area contributed by atoms with E-state index in [-0.39, 0.29) is 59.8 Å². The van der Waals surface area contributed by atoms with Gasteiger partial charge >= 0.3 is 0 Å². The van der Waals surface area contributed by atoms with Crippen LogP contribution in [0.4, 0.5) is 14.5 Å². The highest BCUT2D eigenvalue weighted by atomic mass is 35.5. The summed E-state index contributed by atoms with van der Waals surface area (Å²) in [5.74, 6) is -3.10. The molecule has 1 amide bonds. The molecule has 162 valence electrons. The molecule has 1 aliphatic rings. The van der Waals surface area contributed by atoms with E-state index in [1.54, 1.807) is 6.92 Å². The minimum absolute atomic E-state index is 0.121. The van der Waals surface area contributed by atoms with E-state index in [4.69, 9.17) is 21.1 Å². The Balaban J connectivity index is 1.94. The fourth-order valence-electron chi connectivity index (χ4n) is 2.88. The van der Waals surface area contributed by atoms with E-state index in [1.165, 1.54) is 22.5 Å². The number of nitrogens with one attached hydrogen (secondary N) is 1. The van der Waals surface area contributed by atoms with Crippen molar-refractivity contribution in [1.82, 2.24) is 4.31 Å². The monoisotopic (exact) mass is 460 g/mol. The van der Waals surface area contributed by atoms with Crippen molar-refractivity contribution in [2.45, 2.75) is 11.8 Å². The SMILES string of the molecule is CCOc1ccc(NC(=O)c2cc(F)c(F)cc2Cl)cc1S(=O)(=O)N1CCOCC1. The molecular formula is C19H19ClF2N2O5S. The summed E-state index contributed by atoms with van der Waals surface area (Å²) < 4.78 is 64.8. The van der Waals surface area contributed by atoms with Crippen molar-refractivity contribution in [1.29, 1.82) is 0 Å². The van der Waals surface area contributed by atoms with Gasteiger partial charge in [0.2, 0.25) is 10.0 Å². The molecule has 2 aromatic rings. The molecule has 1 saturated heterocycles. The first-order chi connectivity index (χ1) is 14.2. The smallest absolute Gasteiger partial charge is 0.257 e. The Morgan fingerprint density at radius 1 is 1.20 bits per heavy atom. The number of amides is 1. The van der Waals surface area contributed by atoms with Gasteiger partial charge in [-0.2, -0.15) is 4.31 Å². The number of hydrogen-bond acceptors (Lipinski definition) is 5. The standard InChI is InChI=1S/C19H19ClF2N2O5S/c1-2-29-17-4-3-12(9-18(17)30(26,27)24-5-7-28-8-6-24)23-19(25)13-10-15(21)16(22)11-14(13)20/h3-4,9-11H,2,5-8H2,1H3,(H,23,25). The molecule has 0 aromatic heterocycles. The van der Waals surface area contributed by atoms with Gasteiger partial charge in [0.15, 0.2) is 11.6 Å². The van der Waals surface area contributed by atoms with Crippen LogP contribution >= 0.6 is 11.6 Å². The number of rotatable bonds is 6. The molecule has 0 saturated carbocycles. The number of nitrogens with zero attached hydrogens (tertiary/aromatic N) is 1. The average molecular weight is 461 g/mol. The molecule has 1 N–H and O–H groups in total. The van der Waals surface area contributed by atoms with Crippen molar-refractivity contribution in [3.05, 3.63) is 52.6 Å². The van der Waals surface area contributed by atoms with E-state index < -0.39 is 27.6 Å². The summed E-state index contributed by atoms with van der Waals surface area (Å²) in [5, 5.41) is 2.18. The van der Waals surface area contributed by atoms with Gasteiger partial charge in [0, 0.05) is 18.8 Å². The Labute approximate surface area is 177 Å². The minimum Gasteiger partial charge on any atom is -0.492 e. The molecule has 7 nitrogen and oxygen atoms in total. The number of benzene rings is 2. The first kappa shape index (κ1) is 22.4. The Morgan fingerprint density at radius 2 is 1.87 bits per heavy atom. The molecule has 1 aliphatic heterocycles. The second-order valence-corrected chi connectivity index (χ2v) is 8.62. The van der Waals surface area contributed by atoms with Crippen molar-refractivity contribution in [3.8, 4) is 5.75 Å². The number of morpholine rings is 1. The normalized spacial score (nSPS) is 15.1. The quantitative estimate of drug-likeness (QED) is 0.669. The first-order valence-electron chi connectivity index (χ1n) is 9.04. The van der Waals surface area contributed by atoms with Crippen molar-refractivity contribution >= 4 is 33.2 Å². The van der Waals surface area contributed by atoms with Crippen LogP contribution in [0.1, 0.15) is 17.3 Å². The molecule has 0 unspecified atom stereocenters. The first-order valence-corrected chi connectivity index (χ1v) is 10.9. The lowest BCUT2D eigenvalue weighted by atomic mass is 10.2. The molecule has 11 heteroatoms. The van der Waals surface area contributed by atoms with Crippen molar-refractivity contribution < 1.29 is 31.5 Å². The fourth-order valence-corrected chi connectivity index (χ4v) is 4.68. The summed E-state index contributed by atoms with van der Waals surface area (Å²) in [6.45, 7) is 2.88. The van der Waals surface area contributed by atoms with Gasteiger partial charge in [-0.3, -0.25) is 4.79 Å². The molecule has 0 spiro atoms. The third-order valence-corrected chi connectivity index (χ3v) is 6.58. The number of hydrogen-bond donors (Lipinski definition) is 1. The molecular weight excluding hydrogens is 442 g/mol. The van der Waals surface area contributed by atoms with E-state index >= 15 is 0 Å². The van der Waals surface area contributed by atoms with Crippen LogP contribution in [0.25, 0.3) is 0 Å². The summed E-state index contributed by atoms with van der Waals surface area (Å²) >= 11 is 5.83. The zero-order chi connectivity index (χ0) is 21.9. The summed E-state index contributed by atoms with van der Waals surface area (Å²) in [6.07, 6.45) is 0. The fraction of sp³-hybridized carbons (Fsp3) is 0.316. The average Bonchev–Trinajstić information content (AvgIpc) is 2.72. The number of halogens is 3. The van der Waals surface area contributed by atoms with E-state index in [0.29, 0.717) is 12.1 Å². The van der Waals surface area contributed by atoms with Gasteiger partial charge in [0.05, 0.1) is 30.4 Å². The van der Waals surface area contributed by atoms with E-state index in [2.05, 4.69) is 5.32 Å². The summed E-state index contributed by atoms with van der Waals surface area (Å²) in [7, 11) is -3.92. The largest absolute Gasteiger partial charge is 0.492 e. The van der Waals surface area contributed by atoms with Gasteiger partial charge in [0.1, 0.15) is 10.6 Å². The summed E-state index contributed by atoms with van der Waals surface area (Å²) in [5.41, 5.74) is -0.168. The summed E-state index contributed by atoms with van der Waals surface area (Å²) in [4.78, 5) is 12.4. The van der Waals surface area contributed by atoms with Crippen LogP contribution in [0, 0.1) is 11.6 Å². The predicted octanol–water partition coefficient (Wildman–Crippen LogP) is 3.29. The highest BCUT2D eigenvalue weighted by Crippen LogP contribution is 2.31. The van der Waals surface area contributed by atoms with Crippen LogP contribution in [-0.2, 0) is 14.8 Å². The Hall–Kier alpha value is -2.27.